The van der Waals surface area contributed by atoms with Gasteiger partial charge in [0.05, 0.1) is 6.61 Å². The first kappa shape index (κ1) is 32.8. The van der Waals surface area contributed by atoms with Crippen molar-refractivity contribution in [1.29, 1.82) is 0 Å². The minimum absolute atomic E-state index is 0.204. The molecule has 0 fully saturated rings. The summed E-state index contributed by atoms with van der Waals surface area (Å²) in [6.07, 6.45) is 21.7. The fraction of sp³-hybridized carbons (Fsp3) is 0.840. The second-order valence-electron chi connectivity index (χ2n) is 8.74. The van der Waals surface area contributed by atoms with Gasteiger partial charge in [0.25, 0.3) is 0 Å². The summed E-state index contributed by atoms with van der Waals surface area (Å²) in [6.45, 7) is 2.58. The number of esters is 2. The molecule has 0 aromatic heterocycles. The van der Waals surface area contributed by atoms with Crippen LogP contribution in [0.3, 0.4) is 0 Å². The second kappa shape index (κ2) is 22.3. The van der Waals surface area contributed by atoms with Crippen LogP contribution in [0.1, 0.15) is 117 Å². The number of hydrogen-bond donors (Lipinski definition) is 2. The highest BCUT2D eigenvalue weighted by Crippen LogP contribution is 2.35. The average Bonchev–Trinajstić information content (AvgIpc) is 2.77. The monoisotopic (exact) mass is 506 g/mol. The van der Waals surface area contributed by atoms with Gasteiger partial charge in [0.15, 0.2) is 6.10 Å². The van der Waals surface area contributed by atoms with E-state index in [2.05, 4.69) is 23.6 Å². The zero-order chi connectivity index (χ0) is 25.5. The molecule has 0 radical (unpaired) electrons. The van der Waals surface area contributed by atoms with Crippen molar-refractivity contribution in [2.45, 2.75) is 123 Å². The summed E-state index contributed by atoms with van der Waals surface area (Å²) in [5, 5.41) is 0. The molecule has 1 unspecified atom stereocenters. The molecule has 1 atom stereocenters. The standard InChI is InChI=1S/C25H47O8P/c1-3-4-5-6-7-8-9-10-11-12-13-14-15-16-17-18-19-20-25(27)33-24(21-31-23(2)26)22-32-34(28,29)30/h10-11,24H,3-9,12-22H2,1-2H3,(H2,28,29,30)/b11-10-. The number of phosphoric acid groups is 1. The molecule has 0 aromatic rings. The van der Waals surface area contributed by atoms with Crippen LogP contribution in [0, 0.1) is 0 Å². The number of rotatable bonds is 23. The Kier molecular flexibility index (Phi) is 21.5. The maximum absolute atomic E-state index is 12.0. The maximum atomic E-state index is 12.0. The first-order valence-corrected chi connectivity index (χ1v) is 14.5. The first-order valence-electron chi connectivity index (χ1n) is 12.9. The number of allylic oxidation sites excluding steroid dienone is 2. The van der Waals surface area contributed by atoms with Crippen LogP contribution in [-0.2, 0) is 28.2 Å². The van der Waals surface area contributed by atoms with Crippen molar-refractivity contribution < 1.29 is 37.9 Å². The van der Waals surface area contributed by atoms with Gasteiger partial charge in [-0.3, -0.25) is 14.1 Å². The van der Waals surface area contributed by atoms with E-state index in [4.69, 9.17) is 19.3 Å². The van der Waals surface area contributed by atoms with E-state index in [0.29, 0.717) is 6.42 Å². The van der Waals surface area contributed by atoms with Gasteiger partial charge in [-0.25, -0.2) is 4.57 Å². The van der Waals surface area contributed by atoms with Gasteiger partial charge in [-0.15, -0.1) is 0 Å². The van der Waals surface area contributed by atoms with Gasteiger partial charge in [0.2, 0.25) is 0 Å². The molecule has 0 aliphatic heterocycles. The number of phosphoric ester groups is 1. The van der Waals surface area contributed by atoms with E-state index in [1.165, 1.54) is 71.1 Å². The summed E-state index contributed by atoms with van der Waals surface area (Å²) >= 11 is 0. The quantitative estimate of drug-likeness (QED) is 0.0708. The third kappa shape index (κ3) is 25.4. The molecule has 0 aliphatic rings. The molecule has 34 heavy (non-hydrogen) atoms. The number of hydrogen-bond acceptors (Lipinski definition) is 6. The van der Waals surface area contributed by atoms with Gasteiger partial charge in [-0.1, -0.05) is 83.3 Å². The number of carbonyl (C=O) groups excluding carboxylic acids is 2. The van der Waals surface area contributed by atoms with Crippen molar-refractivity contribution in [3.05, 3.63) is 12.2 Å². The summed E-state index contributed by atoms with van der Waals surface area (Å²) in [5.74, 6) is -1.08. The van der Waals surface area contributed by atoms with Gasteiger partial charge >= 0.3 is 19.8 Å². The van der Waals surface area contributed by atoms with Crippen LogP contribution in [0.4, 0.5) is 0 Å². The van der Waals surface area contributed by atoms with E-state index in [1.807, 2.05) is 0 Å². The van der Waals surface area contributed by atoms with E-state index in [9.17, 15) is 14.2 Å². The maximum Gasteiger partial charge on any atom is 0.469 e. The molecule has 0 heterocycles. The van der Waals surface area contributed by atoms with Crippen LogP contribution in [-0.4, -0.2) is 41.0 Å². The second-order valence-corrected chi connectivity index (χ2v) is 9.98. The fourth-order valence-electron chi connectivity index (χ4n) is 3.45. The Hall–Kier alpha value is -1.21. The van der Waals surface area contributed by atoms with E-state index in [1.54, 1.807) is 0 Å². The first-order chi connectivity index (χ1) is 16.2. The lowest BCUT2D eigenvalue weighted by Crippen LogP contribution is -2.29. The third-order valence-corrected chi connectivity index (χ3v) is 5.83. The van der Waals surface area contributed by atoms with Crippen LogP contribution < -0.4 is 0 Å². The Morgan fingerprint density at radius 1 is 0.794 bits per heavy atom. The molecule has 0 amide bonds. The minimum atomic E-state index is -4.70. The predicted molar refractivity (Wildman–Crippen MR) is 133 cm³/mol. The smallest absolute Gasteiger partial charge is 0.462 e. The van der Waals surface area contributed by atoms with Crippen LogP contribution in [0.15, 0.2) is 12.2 Å². The predicted octanol–water partition coefficient (Wildman–Crippen LogP) is 6.39. The molecule has 9 heteroatoms. The molecule has 0 spiro atoms. The number of unbranched alkanes of at least 4 members (excludes halogenated alkanes) is 13. The van der Waals surface area contributed by atoms with Crippen LogP contribution in [0.2, 0.25) is 0 Å². The van der Waals surface area contributed by atoms with Gasteiger partial charge < -0.3 is 19.3 Å². The third-order valence-electron chi connectivity index (χ3n) is 5.34. The largest absolute Gasteiger partial charge is 0.469 e. The van der Waals surface area contributed by atoms with Crippen molar-refractivity contribution in [3.8, 4) is 0 Å². The van der Waals surface area contributed by atoms with E-state index < -0.39 is 32.5 Å². The Balaban J connectivity index is 3.67. The Bertz CT molecular complexity index is 587. The van der Waals surface area contributed by atoms with Gasteiger partial charge in [-0.05, 0) is 32.1 Å². The minimum Gasteiger partial charge on any atom is -0.462 e. The van der Waals surface area contributed by atoms with Gasteiger partial charge in [0, 0.05) is 13.3 Å². The van der Waals surface area contributed by atoms with Crippen LogP contribution in [0.25, 0.3) is 0 Å². The molecule has 0 aliphatic carbocycles. The average molecular weight is 507 g/mol. The molecule has 0 aromatic carbocycles. The SMILES string of the molecule is CCCCCCCC/C=C\CCCCCCCCCC(=O)OC(COC(C)=O)COP(=O)(O)O. The molecule has 2 N–H and O–H groups in total. The molecule has 200 valence electrons. The molecular formula is C25H47O8P. The highest BCUT2D eigenvalue weighted by molar-refractivity contribution is 7.46. The molecule has 0 rings (SSSR count). The van der Waals surface area contributed by atoms with Gasteiger partial charge in [-0.2, -0.15) is 0 Å². The van der Waals surface area contributed by atoms with Crippen LogP contribution >= 0.6 is 7.82 Å². The zero-order valence-corrected chi connectivity index (χ0v) is 22.1. The Morgan fingerprint density at radius 3 is 1.79 bits per heavy atom. The summed E-state index contributed by atoms with van der Waals surface area (Å²) in [5.41, 5.74) is 0. The lowest BCUT2D eigenvalue weighted by Gasteiger charge is -2.18. The van der Waals surface area contributed by atoms with E-state index >= 15 is 0 Å². The van der Waals surface area contributed by atoms with Gasteiger partial charge in [0.1, 0.15) is 6.61 Å². The molecule has 8 nitrogen and oxygen atoms in total. The lowest BCUT2D eigenvalue weighted by molar-refractivity contribution is -0.160. The summed E-state index contributed by atoms with van der Waals surface area (Å²) in [7, 11) is -4.70. The number of ether oxygens (including phenoxy) is 2. The van der Waals surface area contributed by atoms with Crippen molar-refractivity contribution in [2.24, 2.45) is 0 Å². The Morgan fingerprint density at radius 2 is 1.29 bits per heavy atom. The Labute approximate surface area is 206 Å². The fourth-order valence-corrected chi connectivity index (χ4v) is 3.81. The summed E-state index contributed by atoms with van der Waals surface area (Å²) < 4.78 is 25.1. The molecular weight excluding hydrogens is 459 g/mol. The summed E-state index contributed by atoms with van der Waals surface area (Å²) in [6, 6.07) is 0. The van der Waals surface area contributed by atoms with Crippen LogP contribution in [0.5, 0.6) is 0 Å². The molecule has 0 saturated heterocycles. The highest BCUT2D eigenvalue weighted by atomic mass is 31.2. The van der Waals surface area contributed by atoms with E-state index in [0.717, 1.165) is 25.7 Å². The molecule has 0 saturated carbocycles. The van der Waals surface area contributed by atoms with Crippen molar-refractivity contribution in [1.82, 2.24) is 0 Å². The van der Waals surface area contributed by atoms with Crippen molar-refractivity contribution >= 4 is 19.8 Å². The molecule has 0 bridgehead atoms. The van der Waals surface area contributed by atoms with E-state index in [-0.39, 0.29) is 13.0 Å². The highest BCUT2D eigenvalue weighted by Gasteiger charge is 2.22. The normalized spacial score (nSPS) is 12.7. The van der Waals surface area contributed by atoms with Crippen molar-refractivity contribution in [3.63, 3.8) is 0 Å². The summed E-state index contributed by atoms with van der Waals surface area (Å²) in [4.78, 5) is 40.4. The van der Waals surface area contributed by atoms with Crippen molar-refractivity contribution in [2.75, 3.05) is 13.2 Å². The topological polar surface area (TPSA) is 119 Å². The zero-order valence-electron chi connectivity index (χ0n) is 21.3. The number of carbonyl (C=O) groups is 2. The lowest BCUT2D eigenvalue weighted by atomic mass is 10.1.